The number of ether oxygens (including phenoxy) is 1. The normalized spacial score (nSPS) is 25.3. The van der Waals surface area contributed by atoms with E-state index in [1.54, 1.807) is 0 Å². The minimum absolute atomic E-state index is 0.203. The number of rotatable bonds is 6. The van der Waals surface area contributed by atoms with Gasteiger partial charge in [-0.2, -0.15) is 0 Å². The molecule has 0 aliphatic carbocycles. The van der Waals surface area contributed by atoms with Gasteiger partial charge in [-0.15, -0.1) is 0 Å². The highest BCUT2D eigenvalue weighted by molar-refractivity contribution is 5.81. The average molecular weight is 398 g/mol. The highest BCUT2D eigenvalue weighted by Crippen LogP contribution is 2.33. The zero-order valence-corrected chi connectivity index (χ0v) is 18.3. The molecule has 3 atom stereocenters. The summed E-state index contributed by atoms with van der Waals surface area (Å²) in [5.74, 6) is 2.76. The van der Waals surface area contributed by atoms with Gasteiger partial charge in [0, 0.05) is 32.7 Å². The second-order valence-electron chi connectivity index (χ2n) is 8.88. The van der Waals surface area contributed by atoms with Crippen LogP contribution < -0.4 is 9.80 Å². The van der Waals surface area contributed by atoms with Crippen molar-refractivity contribution in [2.45, 2.75) is 45.8 Å². The van der Waals surface area contributed by atoms with E-state index >= 15 is 0 Å². The molecule has 158 valence electrons. The Labute approximate surface area is 174 Å². The van der Waals surface area contributed by atoms with Crippen molar-refractivity contribution in [2.75, 3.05) is 56.1 Å². The number of aromatic nitrogens is 2. The summed E-state index contributed by atoms with van der Waals surface area (Å²) in [7, 11) is 2.24. The number of benzene rings is 1. The Balaban J connectivity index is 1.62. The fraction of sp³-hybridized carbons (Fsp3) is 0.652. The van der Waals surface area contributed by atoms with Gasteiger partial charge in [0.15, 0.2) is 11.6 Å². The number of para-hydroxylation sites is 2. The van der Waals surface area contributed by atoms with Crippen LogP contribution in [0.15, 0.2) is 24.3 Å². The molecule has 0 spiro atoms. The molecule has 2 saturated heterocycles. The van der Waals surface area contributed by atoms with E-state index in [0.717, 1.165) is 55.4 Å². The summed E-state index contributed by atoms with van der Waals surface area (Å²) in [5.41, 5.74) is 1.95. The third-order valence-electron chi connectivity index (χ3n) is 6.01. The molecule has 1 aromatic carbocycles. The molecular formula is C23H35N5O. The zero-order valence-electron chi connectivity index (χ0n) is 18.3. The second kappa shape index (κ2) is 8.84. The first kappa shape index (κ1) is 20.4. The zero-order chi connectivity index (χ0) is 20.4. The second-order valence-corrected chi connectivity index (χ2v) is 8.88. The Morgan fingerprint density at radius 2 is 1.62 bits per heavy atom. The van der Waals surface area contributed by atoms with Crippen molar-refractivity contribution in [3.8, 4) is 0 Å². The molecule has 6 heteroatoms. The molecule has 0 radical (unpaired) electrons. The van der Waals surface area contributed by atoms with Gasteiger partial charge in [-0.1, -0.05) is 19.1 Å². The largest absolute Gasteiger partial charge is 0.372 e. The van der Waals surface area contributed by atoms with Crippen LogP contribution in [-0.2, 0) is 4.74 Å². The monoisotopic (exact) mass is 397 g/mol. The van der Waals surface area contributed by atoms with Crippen molar-refractivity contribution in [1.82, 2.24) is 14.9 Å². The molecule has 4 rings (SSSR count). The molecule has 2 fully saturated rings. The molecule has 0 N–H and O–H groups in total. The fourth-order valence-electron chi connectivity index (χ4n) is 4.84. The van der Waals surface area contributed by atoms with Crippen LogP contribution in [0.3, 0.4) is 0 Å². The van der Waals surface area contributed by atoms with Crippen LogP contribution in [-0.4, -0.2) is 73.4 Å². The number of hydrogen-bond acceptors (Lipinski definition) is 6. The average Bonchev–Trinajstić information content (AvgIpc) is 3.14. The Morgan fingerprint density at radius 1 is 1.00 bits per heavy atom. The Morgan fingerprint density at radius 3 is 2.24 bits per heavy atom. The minimum Gasteiger partial charge on any atom is -0.372 e. The molecule has 2 aliphatic heterocycles. The van der Waals surface area contributed by atoms with Gasteiger partial charge in [-0.05, 0) is 58.3 Å². The molecule has 0 unspecified atom stereocenters. The van der Waals surface area contributed by atoms with Crippen LogP contribution in [0.1, 0.15) is 33.6 Å². The van der Waals surface area contributed by atoms with Gasteiger partial charge in [0.25, 0.3) is 0 Å². The van der Waals surface area contributed by atoms with E-state index < -0.39 is 0 Å². The summed E-state index contributed by atoms with van der Waals surface area (Å²) >= 11 is 0. The van der Waals surface area contributed by atoms with E-state index in [1.807, 2.05) is 12.1 Å². The van der Waals surface area contributed by atoms with Gasteiger partial charge < -0.3 is 19.4 Å². The third kappa shape index (κ3) is 4.64. The number of hydrogen-bond donors (Lipinski definition) is 0. The molecule has 1 aromatic heterocycles. The van der Waals surface area contributed by atoms with Crippen molar-refractivity contribution >= 4 is 22.7 Å². The quantitative estimate of drug-likeness (QED) is 0.744. The summed E-state index contributed by atoms with van der Waals surface area (Å²) in [4.78, 5) is 17.5. The predicted octanol–water partition coefficient (Wildman–Crippen LogP) is 3.41. The van der Waals surface area contributed by atoms with Crippen LogP contribution in [0.2, 0.25) is 0 Å². The molecule has 2 aromatic rings. The van der Waals surface area contributed by atoms with Crippen LogP contribution in [0.4, 0.5) is 11.6 Å². The maximum atomic E-state index is 5.97. The Kier molecular flexibility index (Phi) is 6.20. The first-order chi connectivity index (χ1) is 14.0. The standard InChI is InChI=1S/C23H35N5O/c1-5-11-26(4)15-19-10-12-27(16-19)22-23(28-13-17(2)29-18(3)14-28)25-21-9-7-6-8-20(21)24-22/h6-9,17-19H,5,10-16H2,1-4H3/t17-,18+,19-/m1/s1. The van der Waals surface area contributed by atoms with Gasteiger partial charge >= 0.3 is 0 Å². The van der Waals surface area contributed by atoms with Gasteiger partial charge in [0.1, 0.15) is 0 Å². The van der Waals surface area contributed by atoms with Crippen molar-refractivity contribution in [2.24, 2.45) is 5.92 Å². The van der Waals surface area contributed by atoms with E-state index in [4.69, 9.17) is 14.7 Å². The van der Waals surface area contributed by atoms with Crippen molar-refractivity contribution in [3.63, 3.8) is 0 Å². The molecular weight excluding hydrogens is 362 g/mol. The van der Waals surface area contributed by atoms with Crippen LogP contribution in [0.5, 0.6) is 0 Å². The van der Waals surface area contributed by atoms with Gasteiger partial charge in [0.05, 0.1) is 23.2 Å². The smallest absolute Gasteiger partial charge is 0.172 e. The molecule has 6 nitrogen and oxygen atoms in total. The van der Waals surface area contributed by atoms with E-state index in [-0.39, 0.29) is 12.2 Å². The lowest BCUT2D eigenvalue weighted by atomic mass is 10.1. The lowest BCUT2D eigenvalue weighted by Gasteiger charge is -2.37. The number of morpholine rings is 1. The number of anilines is 2. The highest BCUT2D eigenvalue weighted by Gasteiger charge is 2.31. The molecule has 3 heterocycles. The summed E-state index contributed by atoms with van der Waals surface area (Å²) in [6.45, 7) is 12.7. The summed E-state index contributed by atoms with van der Waals surface area (Å²) in [5, 5.41) is 0. The summed E-state index contributed by atoms with van der Waals surface area (Å²) in [6, 6.07) is 8.23. The lowest BCUT2D eigenvalue weighted by molar-refractivity contribution is -0.00542. The Hall–Kier alpha value is -1.92. The predicted molar refractivity (Wildman–Crippen MR) is 120 cm³/mol. The van der Waals surface area contributed by atoms with E-state index in [9.17, 15) is 0 Å². The molecule has 2 aliphatic rings. The number of fused-ring (bicyclic) bond motifs is 1. The SMILES string of the molecule is CCCN(C)C[C@H]1CCN(c2nc3ccccc3nc2N2C[C@@H](C)O[C@@H](C)C2)C1. The maximum absolute atomic E-state index is 5.97. The number of nitrogens with zero attached hydrogens (tertiary/aromatic N) is 5. The first-order valence-corrected chi connectivity index (χ1v) is 11.1. The first-order valence-electron chi connectivity index (χ1n) is 11.1. The third-order valence-corrected chi connectivity index (χ3v) is 6.01. The van der Waals surface area contributed by atoms with E-state index in [2.05, 4.69) is 54.7 Å². The van der Waals surface area contributed by atoms with Gasteiger partial charge in [-0.25, -0.2) is 9.97 Å². The molecule has 0 amide bonds. The fourth-order valence-corrected chi connectivity index (χ4v) is 4.84. The Bertz CT molecular complexity index is 818. The topological polar surface area (TPSA) is 44.7 Å². The van der Waals surface area contributed by atoms with E-state index in [1.165, 1.54) is 19.4 Å². The van der Waals surface area contributed by atoms with Crippen LogP contribution in [0, 0.1) is 5.92 Å². The maximum Gasteiger partial charge on any atom is 0.172 e. The highest BCUT2D eigenvalue weighted by atomic mass is 16.5. The van der Waals surface area contributed by atoms with Crippen molar-refractivity contribution < 1.29 is 4.74 Å². The van der Waals surface area contributed by atoms with Gasteiger partial charge in [0.2, 0.25) is 0 Å². The molecule has 0 saturated carbocycles. The molecule has 29 heavy (non-hydrogen) atoms. The summed E-state index contributed by atoms with van der Waals surface area (Å²) < 4.78 is 5.97. The van der Waals surface area contributed by atoms with Crippen molar-refractivity contribution in [1.29, 1.82) is 0 Å². The van der Waals surface area contributed by atoms with Crippen LogP contribution >= 0.6 is 0 Å². The summed E-state index contributed by atoms with van der Waals surface area (Å²) in [6.07, 6.45) is 2.83. The lowest BCUT2D eigenvalue weighted by Crippen LogP contribution is -2.46. The minimum atomic E-state index is 0.203. The molecule has 0 bridgehead atoms. The van der Waals surface area contributed by atoms with Gasteiger partial charge in [-0.3, -0.25) is 0 Å². The van der Waals surface area contributed by atoms with Crippen LogP contribution in [0.25, 0.3) is 11.0 Å². The van der Waals surface area contributed by atoms with Crippen molar-refractivity contribution in [3.05, 3.63) is 24.3 Å². The van der Waals surface area contributed by atoms with E-state index in [0.29, 0.717) is 5.92 Å².